The van der Waals surface area contributed by atoms with Crippen molar-refractivity contribution in [3.8, 4) is 0 Å². The number of ketones is 1. The number of carbonyl (C=O) groups is 6. The molecule has 6 atom stereocenters. The highest BCUT2D eigenvalue weighted by Crippen LogP contribution is 2.57. The van der Waals surface area contributed by atoms with Crippen LogP contribution in [0.25, 0.3) is 0 Å². The molecule has 0 spiro atoms. The van der Waals surface area contributed by atoms with Crippen LogP contribution >= 0.6 is 0 Å². The summed E-state index contributed by atoms with van der Waals surface area (Å²) in [7, 11) is 0. The number of ether oxygens (including phenoxy) is 1. The number of hydrogen-bond acceptors (Lipinski definition) is 7. The summed E-state index contributed by atoms with van der Waals surface area (Å²) in [5, 5.41) is 8.30. The summed E-state index contributed by atoms with van der Waals surface area (Å²) in [6.45, 7) is 15.1. The van der Waals surface area contributed by atoms with E-state index in [1.54, 1.807) is 51.1 Å². The lowest BCUT2D eigenvalue weighted by molar-refractivity contribution is -0.157. The number of nitrogens with two attached hydrogens (primary N) is 1. The number of carbonyl (C=O) groups excluding carboxylic acids is 6. The predicted molar refractivity (Wildman–Crippen MR) is 179 cm³/mol. The van der Waals surface area contributed by atoms with E-state index in [0.717, 1.165) is 19.3 Å². The average molecular weight is 668 g/mol. The molecular weight excluding hydrogens is 614 g/mol. The van der Waals surface area contributed by atoms with E-state index in [-0.39, 0.29) is 23.2 Å². The zero-order valence-corrected chi connectivity index (χ0v) is 29.6. The molecule has 3 aliphatic rings. The van der Waals surface area contributed by atoms with Crippen LogP contribution in [0.5, 0.6) is 0 Å². The Labute approximate surface area is 283 Å². The fourth-order valence-corrected chi connectivity index (χ4v) is 7.28. The second-order valence-corrected chi connectivity index (χ2v) is 16.5. The van der Waals surface area contributed by atoms with Gasteiger partial charge in [0.05, 0.1) is 6.04 Å². The van der Waals surface area contributed by atoms with Gasteiger partial charge in [0.1, 0.15) is 17.7 Å². The summed E-state index contributed by atoms with van der Waals surface area (Å²) in [5.74, 6) is -3.47. The molecule has 1 heterocycles. The summed E-state index contributed by atoms with van der Waals surface area (Å²) in [6, 6.07) is 3.76. The molecule has 1 unspecified atom stereocenters. The lowest BCUT2D eigenvalue weighted by atomic mass is 9.55. The maximum absolute atomic E-state index is 14.5. The average Bonchev–Trinajstić information content (AvgIpc) is 3.29. The Kier molecular flexibility index (Phi) is 10.7. The highest BCUT2D eigenvalue weighted by Gasteiger charge is 2.61. The van der Waals surface area contributed by atoms with E-state index in [1.807, 2.05) is 20.8 Å². The molecule has 5 amide bonds. The van der Waals surface area contributed by atoms with Crippen molar-refractivity contribution in [1.82, 2.24) is 20.9 Å². The van der Waals surface area contributed by atoms with Gasteiger partial charge >= 0.3 is 12.0 Å². The lowest BCUT2D eigenvalue weighted by Crippen LogP contribution is -2.61. The molecule has 0 bridgehead atoms. The molecular formula is C36H53N5O7. The molecule has 5 N–H and O–H groups in total. The van der Waals surface area contributed by atoms with E-state index in [9.17, 15) is 28.8 Å². The van der Waals surface area contributed by atoms with E-state index in [2.05, 4.69) is 29.8 Å². The van der Waals surface area contributed by atoms with Gasteiger partial charge in [-0.3, -0.25) is 19.2 Å². The molecule has 1 saturated heterocycles. The fourth-order valence-electron chi connectivity index (χ4n) is 7.28. The maximum Gasteiger partial charge on any atom is 0.333 e. The molecule has 3 fully saturated rings. The van der Waals surface area contributed by atoms with Crippen molar-refractivity contribution >= 4 is 35.5 Å². The van der Waals surface area contributed by atoms with Gasteiger partial charge in [0.25, 0.3) is 5.91 Å². The summed E-state index contributed by atoms with van der Waals surface area (Å²) in [4.78, 5) is 81.5. The van der Waals surface area contributed by atoms with E-state index in [4.69, 9.17) is 10.5 Å². The number of benzene rings is 1. The van der Waals surface area contributed by atoms with Crippen molar-refractivity contribution in [3.05, 3.63) is 35.9 Å². The number of rotatable bonds is 11. The molecule has 48 heavy (non-hydrogen) atoms. The molecule has 4 rings (SSSR count). The number of urea groups is 1. The monoisotopic (exact) mass is 667 g/mol. The first-order valence-electron chi connectivity index (χ1n) is 17.0. The Morgan fingerprint density at radius 1 is 0.958 bits per heavy atom. The fraction of sp³-hybridized carbons (Fsp3) is 0.667. The third-order valence-electron chi connectivity index (χ3n) is 10.1. The number of Topliss-reactive ketones (excluding diaryl/α,β-unsaturated/α-hetero) is 1. The van der Waals surface area contributed by atoms with Gasteiger partial charge in [-0.2, -0.15) is 0 Å². The van der Waals surface area contributed by atoms with E-state index in [0.29, 0.717) is 24.9 Å². The standard InChI is InChI=1S/C36H53N5O7/c1-34(2,3)28(40-33(47)39-25(21-15-10-9-11-16-21)32(46)48-35(4,5)6)31(45)41-19-23-22(18-36(23,7)8)26(41)30(44)38-24(27(42)29(37)43)17-20-13-12-14-20/h9-11,15-16,20,22-26,28H,12-14,17-19H2,1-8H3,(H2,37,43)(H,38,44)(H2,39,40,47)/t22-,23-,24?,25+,26-,28+/m0/s1. The van der Waals surface area contributed by atoms with Crippen molar-refractivity contribution < 1.29 is 33.5 Å². The molecule has 1 aromatic carbocycles. The molecule has 0 radical (unpaired) electrons. The van der Waals surface area contributed by atoms with Gasteiger partial charge in [0.2, 0.25) is 17.6 Å². The first-order valence-corrected chi connectivity index (χ1v) is 17.0. The van der Waals surface area contributed by atoms with Crippen LogP contribution in [0.2, 0.25) is 0 Å². The Hall–Kier alpha value is -3.96. The number of esters is 1. The van der Waals surface area contributed by atoms with Crippen molar-refractivity contribution in [2.45, 2.75) is 117 Å². The van der Waals surface area contributed by atoms with E-state index in [1.165, 1.54) is 4.90 Å². The highest BCUT2D eigenvalue weighted by atomic mass is 16.6. The largest absolute Gasteiger partial charge is 0.458 e. The van der Waals surface area contributed by atoms with Crippen LogP contribution in [0.3, 0.4) is 0 Å². The minimum atomic E-state index is -1.14. The Balaban J connectivity index is 1.58. The first-order chi connectivity index (χ1) is 22.2. The zero-order valence-electron chi connectivity index (χ0n) is 29.6. The molecule has 1 aromatic rings. The molecule has 12 heteroatoms. The number of nitrogens with zero attached hydrogens (tertiary/aromatic N) is 1. The van der Waals surface area contributed by atoms with Crippen LogP contribution in [0, 0.1) is 28.6 Å². The summed E-state index contributed by atoms with van der Waals surface area (Å²) < 4.78 is 5.59. The van der Waals surface area contributed by atoms with Gasteiger partial charge in [0.15, 0.2) is 6.04 Å². The van der Waals surface area contributed by atoms with Gasteiger partial charge in [-0.15, -0.1) is 0 Å². The van der Waals surface area contributed by atoms with Gasteiger partial charge in [0, 0.05) is 6.54 Å². The van der Waals surface area contributed by atoms with Gasteiger partial charge in [-0.25, -0.2) is 9.59 Å². The van der Waals surface area contributed by atoms with Crippen LogP contribution in [-0.4, -0.2) is 70.7 Å². The van der Waals surface area contributed by atoms with Crippen molar-refractivity contribution in [2.75, 3.05) is 6.54 Å². The number of amides is 5. The molecule has 0 aromatic heterocycles. The minimum Gasteiger partial charge on any atom is -0.458 e. The number of primary amides is 1. The quantitative estimate of drug-likeness (QED) is 0.207. The molecule has 1 aliphatic heterocycles. The Morgan fingerprint density at radius 2 is 1.58 bits per heavy atom. The second kappa shape index (κ2) is 13.9. The number of fused-ring (bicyclic) bond motifs is 1. The van der Waals surface area contributed by atoms with Crippen molar-refractivity contribution in [2.24, 2.45) is 34.3 Å². The normalized spacial score (nSPS) is 23.7. The van der Waals surface area contributed by atoms with Gasteiger partial charge < -0.3 is 31.3 Å². The smallest absolute Gasteiger partial charge is 0.333 e. The zero-order chi connectivity index (χ0) is 35.8. The van der Waals surface area contributed by atoms with Crippen molar-refractivity contribution in [1.29, 1.82) is 0 Å². The SMILES string of the molecule is CC(C)(C)OC(=O)[C@H](NC(=O)N[C@H](C(=O)N1C[C@H]2[C@H](CC2(C)C)[C@H]1C(=O)NC(CC1CCC1)C(=O)C(N)=O)C(C)(C)C)c1ccccc1. The number of likely N-dealkylation sites (tertiary alicyclic amines) is 1. The molecule has 264 valence electrons. The minimum absolute atomic E-state index is 0.0261. The summed E-state index contributed by atoms with van der Waals surface area (Å²) in [6.07, 6.45) is 3.86. The molecule has 2 saturated carbocycles. The molecule has 2 aliphatic carbocycles. The van der Waals surface area contributed by atoms with Crippen LogP contribution in [0.4, 0.5) is 4.79 Å². The summed E-state index contributed by atoms with van der Waals surface area (Å²) >= 11 is 0. The number of hydrogen-bond donors (Lipinski definition) is 4. The maximum atomic E-state index is 14.5. The van der Waals surface area contributed by atoms with Crippen LogP contribution < -0.4 is 21.7 Å². The Bertz CT molecular complexity index is 1410. The Morgan fingerprint density at radius 3 is 2.08 bits per heavy atom. The number of nitrogens with one attached hydrogen (secondary N) is 3. The van der Waals surface area contributed by atoms with Crippen LogP contribution in [0.15, 0.2) is 30.3 Å². The topological polar surface area (TPSA) is 177 Å². The lowest BCUT2D eigenvalue weighted by Gasteiger charge is -2.48. The van der Waals surface area contributed by atoms with Crippen LogP contribution in [-0.2, 0) is 28.7 Å². The van der Waals surface area contributed by atoms with Gasteiger partial charge in [-0.1, -0.05) is 84.2 Å². The van der Waals surface area contributed by atoms with Crippen molar-refractivity contribution in [3.63, 3.8) is 0 Å². The summed E-state index contributed by atoms with van der Waals surface area (Å²) in [5.41, 5.74) is 4.14. The highest BCUT2D eigenvalue weighted by molar-refractivity contribution is 6.37. The van der Waals surface area contributed by atoms with Gasteiger partial charge in [-0.05, 0) is 67.8 Å². The molecule has 12 nitrogen and oxygen atoms in total. The van der Waals surface area contributed by atoms with Crippen LogP contribution in [0.1, 0.15) is 99.1 Å². The van der Waals surface area contributed by atoms with E-state index >= 15 is 0 Å². The third-order valence-corrected chi connectivity index (χ3v) is 10.1. The van der Waals surface area contributed by atoms with E-state index < -0.39 is 70.7 Å². The third kappa shape index (κ3) is 8.36. The first kappa shape index (κ1) is 36.9. The second-order valence-electron chi connectivity index (χ2n) is 16.5. The predicted octanol–water partition coefficient (Wildman–Crippen LogP) is 3.39.